The number of carbonyl (C=O) groups is 2. The van der Waals surface area contributed by atoms with Gasteiger partial charge >= 0.3 is 0 Å². The number of benzene rings is 2. The molecule has 152 valence electrons. The molecule has 0 saturated carbocycles. The van der Waals surface area contributed by atoms with Crippen molar-refractivity contribution in [3.63, 3.8) is 0 Å². The molecule has 0 fully saturated rings. The number of thioether (sulfide) groups is 1. The Morgan fingerprint density at radius 3 is 2.63 bits per heavy atom. The number of aromatic nitrogens is 4. The van der Waals surface area contributed by atoms with Crippen LogP contribution in [0, 0.1) is 0 Å². The molecule has 0 bridgehead atoms. The summed E-state index contributed by atoms with van der Waals surface area (Å²) >= 11 is 2.80. The van der Waals surface area contributed by atoms with E-state index in [0.717, 1.165) is 27.7 Å². The number of hydrogen-bond donors (Lipinski definition) is 1. The molecule has 0 radical (unpaired) electrons. The zero-order valence-corrected chi connectivity index (χ0v) is 17.9. The lowest BCUT2D eigenvalue weighted by Gasteiger charge is -2.09. The van der Waals surface area contributed by atoms with Crippen LogP contribution in [0.2, 0.25) is 0 Å². The molecule has 0 aliphatic heterocycles. The molecule has 2 heterocycles. The number of ketones is 1. The van der Waals surface area contributed by atoms with Gasteiger partial charge in [0.1, 0.15) is 11.6 Å². The standard InChI is InChI=1S/C21H19N5O2S2/c1-14(27)11-19(28)23-20-24-25-21(30-20)29-13-18-22-16-9-5-6-10-17(16)26(18)12-15-7-3-2-4-8-15/h2-10H,11-13H2,1H3,(H,23,24,28). The SMILES string of the molecule is CC(=O)CC(=O)Nc1nnc(SCc2nc3ccccc3n2Cc2ccccc2)s1. The number of nitrogens with one attached hydrogen (secondary N) is 1. The summed E-state index contributed by atoms with van der Waals surface area (Å²) in [6.07, 6.45) is -0.161. The second kappa shape index (κ2) is 9.19. The lowest BCUT2D eigenvalue weighted by atomic mass is 10.2. The maximum atomic E-state index is 11.7. The topological polar surface area (TPSA) is 89.8 Å². The van der Waals surface area contributed by atoms with Crippen molar-refractivity contribution in [1.82, 2.24) is 19.7 Å². The second-order valence-electron chi connectivity index (χ2n) is 6.68. The van der Waals surface area contributed by atoms with Crippen LogP contribution in [0.4, 0.5) is 5.13 Å². The van der Waals surface area contributed by atoms with Crippen LogP contribution in [0.15, 0.2) is 58.9 Å². The number of amides is 1. The summed E-state index contributed by atoms with van der Waals surface area (Å²) in [6, 6.07) is 18.4. The molecule has 0 atom stereocenters. The Hall–Kier alpha value is -3.04. The predicted molar refractivity (Wildman–Crippen MR) is 119 cm³/mol. The summed E-state index contributed by atoms with van der Waals surface area (Å²) in [4.78, 5) is 27.6. The molecule has 4 aromatic rings. The summed E-state index contributed by atoms with van der Waals surface area (Å²) in [7, 11) is 0. The Morgan fingerprint density at radius 1 is 1.07 bits per heavy atom. The summed E-state index contributed by atoms with van der Waals surface area (Å²) in [5, 5.41) is 11.1. The first-order valence-corrected chi connectivity index (χ1v) is 11.1. The summed E-state index contributed by atoms with van der Waals surface area (Å²) in [6.45, 7) is 2.11. The number of carbonyl (C=O) groups excluding carboxylic acids is 2. The van der Waals surface area contributed by atoms with Crippen molar-refractivity contribution in [3.8, 4) is 0 Å². The highest BCUT2D eigenvalue weighted by Gasteiger charge is 2.14. The molecule has 7 nitrogen and oxygen atoms in total. The van der Waals surface area contributed by atoms with Crippen molar-refractivity contribution in [2.75, 3.05) is 5.32 Å². The van der Waals surface area contributed by atoms with Crippen LogP contribution in [0.3, 0.4) is 0 Å². The van der Waals surface area contributed by atoms with Crippen molar-refractivity contribution >= 4 is 51.0 Å². The number of fused-ring (bicyclic) bond motifs is 1. The number of imidazole rings is 1. The van der Waals surface area contributed by atoms with Gasteiger partial charge in [-0.15, -0.1) is 10.2 Å². The molecule has 0 aliphatic carbocycles. The average Bonchev–Trinajstić information content (AvgIpc) is 3.31. The molecule has 4 rings (SSSR count). The van der Waals surface area contributed by atoms with E-state index in [-0.39, 0.29) is 18.1 Å². The third-order valence-electron chi connectivity index (χ3n) is 4.30. The van der Waals surface area contributed by atoms with Crippen molar-refractivity contribution in [2.24, 2.45) is 0 Å². The first-order valence-electron chi connectivity index (χ1n) is 9.32. The number of Topliss-reactive ketones (excluding diaryl/α,β-unsaturated/α-hetero) is 1. The lowest BCUT2D eigenvalue weighted by molar-refractivity contribution is -0.124. The third kappa shape index (κ3) is 4.92. The van der Waals surface area contributed by atoms with Gasteiger partial charge in [0.25, 0.3) is 0 Å². The van der Waals surface area contributed by atoms with Crippen LogP contribution < -0.4 is 5.32 Å². The number of para-hydroxylation sites is 2. The molecular weight excluding hydrogens is 418 g/mol. The van der Waals surface area contributed by atoms with Crippen molar-refractivity contribution in [2.45, 2.75) is 30.0 Å². The van der Waals surface area contributed by atoms with E-state index in [1.807, 2.05) is 36.4 Å². The van der Waals surface area contributed by atoms with Gasteiger partial charge in [-0.3, -0.25) is 9.59 Å². The Balaban J connectivity index is 1.50. The van der Waals surface area contributed by atoms with Gasteiger partial charge in [-0.25, -0.2) is 4.98 Å². The van der Waals surface area contributed by atoms with Crippen LogP contribution in [0.1, 0.15) is 24.7 Å². The highest BCUT2D eigenvalue weighted by molar-refractivity contribution is 8.00. The largest absolute Gasteiger partial charge is 0.323 e. The van der Waals surface area contributed by atoms with E-state index < -0.39 is 0 Å². The number of anilines is 1. The number of rotatable bonds is 8. The molecule has 2 aromatic carbocycles. The molecule has 1 N–H and O–H groups in total. The van der Waals surface area contributed by atoms with Gasteiger partial charge in [0.15, 0.2) is 4.34 Å². The van der Waals surface area contributed by atoms with Crippen molar-refractivity contribution < 1.29 is 9.59 Å². The molecule has 9 heteroatoms. The smallest absolute Gasteiger partial charge is 0.233 e. The van der Waals surface area contributed by atoms with Gasteiger partial charge in [0.2, 0.25) is 11.0 Å². The van der Waals surface area contributed by atoms with E-state index in [1.165, 1.54) is 35.6 Å². The van der Waals surface area contributed by atoms with E-state index in [0.29, 0.717) is 10.9 Å². The molecule has 0 aliphatic rings. The summed E-state index contributed by atoms with van der Waals surface area (Å²) < 4.78 is 2.94. The number of hydrogen-bond acceptors (Lipinski definition) is 7. The highest BCUT2D eigenvalue weighted by Crippen LogP contribution is 2.29. The van der Waals surface area contributed by atoms with Gasteiger partial charge in [0.05, 0.1) is 23.2 Å². The van der Waals surface area contributed by atoms with Gasteiger partial charge in [0, 0.05) is 6.54 Å². The molecular formula is C21H19N5O2S2. The molecule has 0 saturated heterocycles. The van der Waals surface area contributed by atoms with Crippen LogP contribution >= 0.6 is 23.1 Å². The first kappa shape index (κ1) is 20.2. The minimum atomic E-state index is -0.375. The molecule has 1 amide bonds. The predicted octanol–water partition coefficient (Wildman–Crippen LogP) is 4.15. The van der Waals surface area contributed by atoms with E-state index in [2.05, 4.69) is 38.3 Å². The van der Waals surface area contributed by atoms with Crippen LogP contribution in [-0.2, 0) is 21.9 Å². The molecule has 0 spiro atoms. The Labute approximate surface area is 181 Å². The van der Waals surface area contributed by atoms with Crippen molar-refractivity contribution in [3.05, 3.63) is 66.0 Å². The summed E-state index contributed by atoms with van der Waals surface area (Å²) in [5.41, 5.74) is 3.25. The number of nitrogens with zero attached hydrogens (tertiary/aromatic N) is 4. The van der Waals surface area contributed by atoms with Gasteiger partial charge in [-0.1, -0.05) is 65.6 Å². The third-order valence-corrected chi connectivity index (χ3v) is 6.27. The van der Waals surface area contributed by atoms with Crippen molar-refractivity contribution in [1.29, 1.82) is 0 Å². The fourth-order valence-electron chi connectivity index (χ4n) is 3.01. The van der Waals surface area contributed by atoms with Gasteiger partial charge in [-0.2, -0.15) is 0 Å². The fraction of sp³-hybridized carbons (Fsp3) is 0.190. The Morgan fingerprint density at radius 2 is 1.83 bits per heavy atom. The van der Waals surface area contributed by atoms with E-state index in [9.17, 15) is 9.59 Å². The lowest BCUT2D eigenvalue weighted by Crippen LogP contribution is -2.14. The maximum absolute atomic E-state index is 11.7. The normalized spacial score (nSPS) is 11.0. The molecule has 2 aromatic heterocycles. The minimum Gasteiger partial charge on any atom is -0.323 e. The maximum Gasteiger partial charge on any atom is 0.233 e. The van der Waals surface area contributed by atoms with E-state index >= 15 is 0 Å². The van der Waals surface area contributed by atoms with E-state index in [1.54, 1.807) is 0 Å². The molecule has 30 heavy (non-hydrogen) atoms. The monoisotopic (exact) mass is 437 g/mol. The van der Waals surface area contributed by atoms with Crippen LogP contribution in [0.5, 0.6) is 0 Å². The quantitative estimate of drug-likeness (QED) is 0.253. The Kier molecular flexibility index (Phi) is 6.20. The van der Waals surface area contributed by atoms with Crippen LogP contribution in [0.25, 0.3) is 11.0 Å². The minimum absolute atomic E-state index is 0.161. The fourth-order valence-corrected chi connectivity index (χ4v) is 4.73. The zero-order valence-electron chi connectivity index (χ0n) is 16.2. The van der Waals surface area contributed by atoms with Crippen LogP contribution in [-0.4, -0.2) is 31.4 Å². The first-order chi connectivity index (χ1) is 14.6. The second-order valence-corrected chi connectivity index (χ2v) is 8.88. The molecule has 0 unspecified atom stereocenters. The highest BCUT2D eigenvalue weighted by atomic mass is 32.2. The summed E-state index contributed by atoms with van der Waals surface area (Å²) in [5.74, 6) is 1.00. The van der Waals surface area contributed by atoms with Gasteiger partial charge < -0.3 is 9.88 Å². The Bertz CT molecular complexity index is 1190. The van der Waals surface area contributed by atoms with Gasteiger partial charge in [-0.05, 0) is 24.6 Å². The average molecular weight is 438 g/mol. The zero-order chi connectivity index (χ0) is 20.9. The van der Waals surface area contributed by atoms with E-state index in [4.69, 9.17) is 4.98 Å².